The van der Waals surface area contributed by atoms with Gasteiger partial charge in [-0.15, -0.1) is 0 Å². The van der Waals surface area contributed by atoms with Gasteiger partial charge in [-0.05, 0) is 31.9 Å². The van der Waals surface area contributed by atoms with Gasteiger partial charge in [-0.1, -0.05) is 31.2 Å². The molecule has 0 saturated carbocycles. The van der Waals surface area contributed by atoms with Crippen molar-refractivity contribution in [3.8, 4) is 0 Å². The zero-order chi connectivity index (χ0) is 10.8. The second kappa shape index (κ2) is 3.93. The monoisotopic (exact) mass is 200 g/mol. The summed E-state index contributed by atoms with van der Waals surface area (Å²) in [6, 6.07) is 6.31. The lowest BCUT2D eigenvalue weighted by molar-refractivity contribution is 0.596. The van der Waals surface area contributed by atoms with Crippen molar-refractivity contribution in [3.05, 3.63) is 41.2 Å². The molecule has 2 aromatic rings. The second-order valence-electron chi connectivity index (χ2n) is 3.75. The summed E-state index contributed by atoms with van der Waals surface area (Å²) < 4.78 is 5.87. The second-order valence-corrected chi connectivity index (χ2v) is 3.75. The Kier molecular flexibility index (Phi) is 2.63. The Morgan fingerprint density at radius 1 is 1.33 bits per heavy atom. The maximum absolute atomic E-state index is 5.87. The molecule has 2 rings (SSSR count). The molecule has 1 aromatic heterocycles. The minimum atomic E-state index is 1.00. The predicted molar refractivity (Wildman–Crippen MR) is 65.0 cm³/mol. The molecule has 78 valence electrons. The molecule has 0 aliphatic carbocycles. The zero-order valence-corrected chi connectivity index (χ0v) is 9.50. The van der Waals surface area contributed by atoms with E-state index in [4.69, 9.17) is 4.42 Å². The number of rotatable bonds is 2. The quantitative estimate of drug-likeness (QED) is 0.703. The minimum Gasteiger partial charge on any atom is -0.456 e. The third-order valence-electron chi connectivity index (χ3n) is 2.72. The van der Waals surface area contributed by atoms with Gasteiger partial charge in [-0.3, -0.25) is 0 Å². The van der Waals surface area contributed by atoms with Gasteiger partial charge < -0.3 is 4.42 Å². The lowest BCUT2D eigenvalue weighted by Crippen LogP contribution is -1.80. The standard InChI is InChI=1S/C14H16O/c1-4-7-13-11(5-2)12-9-6-8-10(3)14(12)15-13/h4,6-9H,5H2,1-3H3/b7-4-. The van der Waals surface area contributed by atoms with E-state index in [1.54, 1.807) is 0 Å². The number of allylic oxidation sites excluding steroid dienone is 1. The average Bonchev–Trinajstić information content (AvgIpc) is 2.58. The van der Waals surface area contributed by atoms with Crippen LogP contribution in [0.1, 0.15) is 30.7 Å². The highest BCUT2D eigenvalue weighted by Crippen LogP contribution is 2.29. The summed E-state index contributed by atoms with van der Waals surface area (Å²) in [5.41, 5.74) is 3.55. The van der Waals surface area contributed by atoms with E-state index in [0.29, 0.717) is 0 Å². The summed E-state index contributed by atoms with van der Waals surface area (Å²) in [7, 11) is 0. The molecule has 0 saturated heterocycles. The van der Waals surface area contributed by atoms with Crippen LogP contribution >= 0.6 is 0 Å². The normalized spacial score (nSPS) is 11.7. The van der Waals surface area contributed by atoms with Crippen LogP contribution in [0.2, 0.25) is 0 Å². The maximum atomic E-state index is 5.87. The summed E-state index contributed by atoms with van der Waals surface area (Å²) in [6.45, 7) is 6.27. The fourth-order valence-corrected chi connectivity index (χ4v) is 1.98. The van der Waals surface area contributed by atoms with Crippen LogP contribution in [-0.4, -0.2) is 0 Å². The number of hydrogen-bond donors (Lipinski definition) is 0. The third-order valence-corrected chi connectivity index (χ3v) is 2.72. The van der Waals surface area contributed by atoms with E-state index in [0.717, 1.165) is 17.8 Å². The fourth-order valence-electron chi connectivity index (χ4n) is 1.98. The summed E-state index contributed by atoms with van der Waals surface area (Å²) in [6.07, 6.45) is 5.07. The molecule has 0 fully saturated rings. The summed E-state index contributed by atoms with van der Waals surface area (Å²) in [5, 5.41) is 1.26. The van der Waals surface area contributed by atoms with Gasteiger partial charge in [-0.2, -0.15) is 0 Å². The summed E-state index contributed by atoms with van der Waals surface area (Å²) in [5.74, 6) is 1.00. The Balaban J connectivity index is 2.78. The highest BCUT2D eigenvalue weighted by molar-refractivity contribution is 5.86. The summed E-state index contributed by atoms with van der Waals surface area (Å²) in [4.78, 5) is 0. The molecule has 0 radical (unpaired) electrons. The molecule has 0 unspecified atom stereocenters. The molecular formula is C14H16O. The zero-order valence-electron chi connectivity index (χ0n) is 9.50. The Bertz CT molecular complexity index is 503. The van der Waals surface area contributed by atoms with Crippen LogP contribution in [-0.2, 0) is 6.42 Å². The van der Waals surface area contributed by atoms with Gasteiger partial charge in [0.1, 0.15) is 11.3 Å². The van der Waals surface area contributed by atoms with E-state index < -0.39 is 0 Å². The van der Waals surface area contributed by atoms with Crippen molar-refractivity contribution in [1.29, 1.82) is 0 Å². The van der Waals surface area contributed by atoms with Crippen molar-refractivity contribution in [3.63, 3.8) is 0 Å². The van der Waals surface area contributed by atoms with Crippen LogP contribution in [0.25, 0.3) is 17.0 Å². The Morgan fingerprint density at radius 3 is 2.80 bits per heavy atom. The molecule has 1 nitrogen and oxygen atoms in total. The van der Waals surface area contributed by atoms with Crippen molar-refractivity contribution in [2.24, 2.45) is 0 Å². The highest BCUT2D eigenvalue weighted by Gasteiger charge is 2.11. The number of hydrogen-bond acceptors (Lipinski definition) is 1. The molecule has 0 amide bonds. The van der Waals surface area contributed by atoms with E-state index in [9.17, 15) is 0 Å². The first-order valence-corrected chi connectivity index (χ1v) is 5.41. The first-order chi connectivity index (χ1) is 7.27. The van der Waals surface area contributed by atoms with Crippen molar-refractivity contribution < 1.29 is 4.42 Å². The number of para-hydroxylation sites is 1. The molecule has 1 heterocycles. The Hall–Kier alpha value is -1.50. The van der Waals surface area contributed by atoms with Crippen molar-refractivity contribution in [2.75, 3.05) is 0 Å². The lowest BCUT2D eigenvalue weighted by atomic mass is 10.1. The van der Waals surface area contributed by atoms with Crippen molar-refractivity contribution in [2.45, 2.75) is 27.2 Å². The third kappa shape index (κ3) is 1.58. The maximum Gasteiger partial charge on any atom is 0.137 e. The molecule has 1 heteroatoms. The molecule has 0 spiro atoms. The minimum absolute atomic E-state index is 1.00. The first kappa shape index (κ1) is 10.0. The number of benzene rings is 1. The molecule has 0 N–H and O–H groups in total. The summed E-state index contributed by atoms with van der Waals surface area (Å²) >= 11 is 0. The van der Waals surface area contributed by atoms with E-state index in [1.165, 1.54) is 16.5 Å². The van der Waals surface area contributed by atoms with Gasteiger partial charge in [0.2, 0.25) is 0 Å². The van der Waals surface area contributed by atoms with Crippen molar-refractivity contribution >= 4 is 17.0 Å². The Morgan fingerprint density at radius 2 is 2.13 bits per heavy atom. The molecule has 0 bridgehead atoms. The predicted octanol–water partition coefficient (Wildman–Crippen LogP) is 4.34. The molecule has 15 heavy (non-hydrogen) atoms. The van der Waals surface area contributed by atoms with E-state index in [-0.39, 0.29) is 0 Å². The molecule has 0 atom stereocenters. The highest BCUT2D eigenvalue weighted by atomic mass is 16.3. The van der Waals surface area contributed by atoms with Gasteiger partial charge in [0.05, 0.1) is 0 Å². The van der Waals surface area contributed by atoms with E-state index in [2.05, 4.69) is 32.0 Å². The van der Waals surface area contributed by atoms with Crippen molar-refractivity contribution in [1.82, 2.24) is 0 Å². The van der Waals surface area contributed by atoms with Crippen LogP contribution < -0.4 is 0 Å². The number of furan rings is 1. The van der Waals surface area contributed by atoms with Crippen LogP contribution in [0, 0.1) is 6.92 Å². The van der Waals surface area contributed by atoms with E-state index in [1.807, 2.05) is 19.1 Å². The number of fused-ring (bicyclic) bond motifs is 1. The smallest absolute Gasteiger partial charge is 0.137 e. The van der Waals surface area contributed by atoms with Crippen LogP contribution in [0.4, 0.5) is 0 Å². The molecule has 1 aromatic carbocycles. The lowest BCUT2D eigenvalue weighted by Gasteiger charge is -1.94. The largest absolute Gasteiger partial charge is 0.456 e. The Labute approximate surface area is 90.4 Å². The van der Waals surface area contributed by atoms with Crippen LogP contribution in [0.5, 0.6) is 0 Å². The topological polar surface area (TPSA) is 13.1 Å². The van der Waals surface area contributed by atoms with E-state index >= 15 is 0 Å². The van der Waals surface area contributed by atoms with Crippen LogP contribution in [0.3, 0.4) is 0 Å². The van der Waals surface area contributed by atoms with Gasteiger partial charge >= 0.3 is 0 Å². The SMILES string of the molecule is C/C=C\c1oc2c(C)cccc2c1CC. The molecular weight excluding hydrogens is 184 g/mol. The fraction of sp³-hybridized carbons (Fsp3) is 0.286. The average molecular weight is 200 g/mol. The number of aryl methyl sites for hydroxylation is 2. The van der Waals surface area contributed by atoms with Crippen LogP contribution in [0.15, 0.2) is 28.7 Å². The van der Waals surface area contributed by atoms with Gasteiger partial charge in [0, 0.05) is 10.9 Å². The first-order valence-electron chi connectivity index (χ1n) is 5.41. The van der Waals surface area contributed by atoms with Gasteiger partial charge in [-0.25, -0.2) is 0 Å². The molecule has 0 aliphatic rings. The van der Waals surface area contributed by atoms with Gasteiger partial charge in [0.15, 0.2) is 0 Å². The molecule has 0 aliphatic heterocycles. The van der Waals surface area contributed by atoms with Gasteiger partial charge in [0.25, 0.3) is 0 Å².